The number of carboxylic acid groups (broad SMARTS) is 1. The predicted molar refractivity (Wildman–Crippen MR) is 76.1 cm³/mol. The van der Waals surface area contributed by atoms with Crippen molar-refractivity contribution in [3.8, 4) is 0 Å². The van der Waals surface area contributed by atoms with Crippen LogP contribution in [0.15, 0.2) is 24.3 Å². The Hall–Kier alpha value is -2.37. The van der Waals surface area contributed by atoms with Gasteiger partial charge in [-0.25, -0.2) is 4.79 Å². The van der Waals surface area contributed by atoms with E-state index < -0.39 is 17.9 Å². The molecule has 1 aliphatic rings. The topological polar surface area (TPSA) is 95.5 Å². The number of carboxylic acids is 1. The maximum Gasteiger partial charge on any atom is 0.326 e. The Morgan fingerprint density at radius 3 is 2.38 bits per heavy atom. The van der Waals surface area contributed by atoms with Gasteiger partial charge < -0.3 is 15.7 Å². The number of hydrogen-bond acceptors (Lipinski definition) is 3. The first-order valence-electron chi connectivity index (χ1n) is 6.87. The summed E-state index contributed by atoms with van der Waals surface area (Å²) in [5.74, 6) is -1.41. The maximum atomic E-state index is 12.1. The van der Waals surface area contributed by atoms with Gasteiger partial charge in [-0.15, -0.1) is 0 Å². The van der Waals surface area contributed by atoms with Crippen LogP contribution < -0.4 is 10.6 Å². The standard InChI is InChI=1S/C15H18N2O4/c1-16-13(18)10-3-2-4-11(8-10)14(19)17-12(15(20)21)7-9-5-6-9/h2-4,8-9,12H,5-7H2,1H3,(H,16,18)(H,17,19)(H,20,21). The van der Waals surface area contributed by atoms with Gasteiger partial charge in [-0.1, -0.05) is 18.9 Å². The lowest BCUT2D eigenvalue weighted by Crippen LogP contribution is -2.41. The Morgan fingerprint density at radius 1 is 1.24 bits per heavy atom. The zero-order valence-electron chi connectivity index (χ0n) is 11.8. The van der Waals surface area contributed by atoms with Gasteiger partial charge in [0.1, 0.15) is 6.04 Å². The fourth-order valence-electron chi connectivity index (χ4n) is 2.10. The predicted octanol–water partition coefficient (Wildman–Crippen LogP) is 1.03. The minimum atomic E-state index is -1.03. The third kappa shape index (κ3) is 4.05. The number of aliphatic carboxylic acids is 1. The molecule has 0 heterocycles. The van der Waals surface area contributed by atoms with Crippen LogP contribution in [0.5, 0.6) is 0 Å². The number of hydrogen-bond donors (Lipinski definition) is 3. The van der Waals surface area contributed by atoms with Crippen molar-refractivity contribution in [3.05, 3.63) is 35.4 Å². The molecule has 1 saturated carbocycles. The summed E-state index contributed by atoms with van der Waals surface area (Å²) in [7, 11) is 1.51. The van der Waals surface area contributed by atoms with E-state index in [4.69, 9.17) is 5.11 Å². The highest BCUT2D eigenvalue weighted by Gasteiger charge is 2.30. The molecule has 0 aliphatic heterocycles. The van der Waals surface area contributed by atoms with Gasteiger partial charge in [0.2, 0.25) is 0 Å². The molecule has 1 aromatic carbocycles. The average molecular weight is 290 g/mol. The first-order chi connectivity index (χ1) is 10.0. The van der Waals surface area contributed by atoms with E-state index in [1.54, 1.807) is 18.2 Å². The van der Waals surface area contributed by atoms with E-state index in [9.17, 15) is 14.4 Å². The maximum absolute atomic E-state index is 12.1. The summed E-state index contributed by atoms with van der Waals surface area (Å²) in [6.45, 7) is 0. The monoisotopic (exact) mass is 290 g/mol. The van der Waals surface area contributed by atoms with Gasteiger partial charge in [-0.05, 0) is 30.5 Å². The lowest BCUT2D eigenvalue weighted by molar-refractivity contribution is -0.139. The summed E-state index contributed by atoms with van der Waals surface area (Å²) in [5, 5.41) is 14.1. The SMILES string of the molecule is CNC(=O)c1cccc(C(=O)NC(CC2CC2)C(=O)O)c1. The molecule has 1 unspecified atom stereocenters. The minimum absolute atomic E-state index is 0.276. The van der Waals surface area contributed by atoms with Gasteiger partial charge in [0.05, 0.1) is 0 Å². The normalized spacial score (nSPS) is 15.1. The molecule has 1 aliphatic carbocycles. The van der Waals surface area contributed by atoms with E-state index >= 15 is 0 Å². The van der Waals surface area contributed by atoms with Crippen LogP contribution in [0.3, 0.4) is 0 Å². The highest BCUT2D eigenvalue weighted by Crippen LogP contribution is 2.33. The summed E-state index contributed by atoms with van der Waals surface area (Å²) in [6, 6.07) is 5.31. The van der Waals surface area contributed by atoms with Gasteiger partial charge in [0.15, 0.2) is 0 Å². The van der Waals surface area contributed by atoms with Gasteiger partial charge in [0, 0.05) is 18.2 Å². The molecule has 0 saturated heterocycles. The van der Waals surface area contributed by atoms with Crippen molar-refractivity contribution in [2.24, 2.45) is 5.92 Å². The van der Waals surface area contributed by atoms with Crippen LogP contribution in [-0.2, 0) is 4.79 Å². The Bertz CT molecular complexity index is 567. The molecule has 1 aromatic rings. The number of carbonyl (C=O) groups is 3. The van der Waals surface area contributed by atoms with E-state index in [-0.39, 0.29) is 11.5 Å². The lowest BCUT2D eigenvalue weighted by atomic mass is 10.1. The molecule has 1 fully saturated rings. The zero-order chi connectivity index (χ0) is 15.4. The third-order valence-electron chi connectivity index (χ3n) is 3.48. The van der Waals surface area contributed by atoms with Gasteiger partial charge in [0.25, 0.3) is 11.8 Å². The second-order valence-electron chi connectivity index (χ2n) is 5.20. The van der Waals surface area contributed by atoms with Crippen LogP contribution in [-0.4, -0.2) is 36.0 Å². The van der Waals surface area contributed by atoms with Crippen molar-refractivity contribution in [2.75, 3.05) is 7.05 Å². The molecule has 0 bridgehead atoms. The molecule has 3 N–H and O–H groups in total. The van der Waals surface area contributed by atoms with E-state index in [1.165, 1.54) is 13.1 Å². The van der Waals surface area contributed by atoms with E-state index in [0.717, 1.165) is 12.8 Å². The summed E-state index contributed by atoms with van der Waals surface area (Å²) in [4.78, 5) is 34.8. The van der Waals surface area contributed by atoms with Crippen LogP contribution in [0.2, 0.25) is 0 Å². The molecule has 6 heteroatoms. The van der Waals surface area contributed by atoms with Gasteiger partial charge in [-0.3, -0.25) is 9.59 Å². The number of nitrogens with one attached hydrogen (secondary N) is 2. The quantitative estimate of drug-likeness (QED) is 0.729. The van der Waals surface area contributed by atoms with Crippen molar-refractivity contribution in [1.82, 2.24) is 10.6 Å². The summed E-state index contributed by atoms with van der Waals surface area (Å²) in [5.41, 5.74) is 0.636. The third-order valence-corrected chi connectivity index (χ3v) is 3.48. The molecular formula is C15H18N2O4. The summed E-state index contributed by atoms with van der Waals surface area (Å²) < 4.78 is 0. The molecule has 2 amide bonds. The van der Waals surface area contributed by atoms with Crippen molar-refractivity contribution in [2.45, 2.75) is 25.3 Å². The molecule has 6 nitrogen and oxygen atoms in total. The molecule has 112 valence electrons. The first-order valence-corrected chi connectivity index (χ1v) is 6.87. The number of benzene rings is 1. The van der Waals surface area contributed by atoms with Crippen LogP contribution >= 0.6 is 0 Å². The highest BCUT2D eigenvalue weighted by molar-refractivity contribution is 6.00. The Kier molecular flexibility index (Phi) is 4.57. The summed E-state index contributed by atoms with van der Waals surface area (Å²) >= 11 is 0. The largest absolute Gasteiger partial charge is 0.480 e. The number of amides is 2. The smallest absolute Gasteiger partial charge is 0.326 e. The Balaban J connectivity index is 2.07. The Morgan fingerprint density at radius 2 is 1.86 bits per heavy atom. The highest BCUT2D eigenvalue weighted by atomic mass is 16.4. The van der Waals surface area contributed by atoms with Crippen molar-refractivity contribution in [1.29, 1.82) is 0 Å². The second-order valence-corrected chi connectivity index (χ2v) is 5.20. The fraction of sp³-hybridized carbons (Fsp3) is 0.400. The van der Waals surface area contributed by atoms with Gasteiger partial charge >= 0.3 is 5.97 Å². The Labute approximate surface area is 122 Å². The van der Waals surface area contributed by atoms with Crippen LogP contribution in [0.25, 0.3) is 0 Å². The van der Waals surface area contributed by atoms with Crippen LogP contribution in [0.1, 0.15) is 40.0 Å². The number of carbonyl (C=O) groups excluding carboxylic acids is 2. The lowest BCUT2D eigenvalue weighted by Gasteiger charge is -2.14. The molecule has 21 heavy (non-hydrogen) atoms. The van der Waals surface area contributed by atoms with Crippen LogP contribution in [0.4, 0.5) is 0 Å². The van der Waals surface area contributed by atoms with Crippen molar-refractivity contribution < 1.29 is 19.5 Å². The van der Waals surface area contributed by atoms with Gasteiger partial charge in [-0.2, -0.15) is 0 Å². The summed E-state index contributed by atoms with van der Waals surface area (Å²) in [6.07, 6.45) is 2.49. The molecule has 0 radical (unpaired) electrons. The van der Waals surface area contributed by atoms with Crippen molar-refractivity contribution in [3.63, 3.8) is 0 Å². The molecule has 0 spiro atoms. The molecule has 2 rings (SSSR count). The average Bonchev–Trinajstić information content (AvgIpc) is 3.29. The minimum Gasteiger partial charge on any atom is -0.480 e. The van der Waals surface area contributed by atoms with E-state index in [2.05, 4.69) is 10.6 Å². The molecular weight excluding hydrogens is 272 g/mol. The molecule has 1 atom stereocenters. The fourth-order valence-corrected chi connectivity index (χ4v) is 2.10. The first kappa shape index (κ1) is 15.0. The van der Waals surface area contributed by atoms with Crippen LogP contribution in [0, 0.1) is 5.92 Å². The van der Waals surface area contributed by atoms with E-state index in [0.29, 0.717) is 17.9 Å². The van der Waals surface area contributed by atoms with E-state index in [1.807, 2.05) is 0 Å². The molecule has 0 aromatic heterocycles. The number of rotatable bonds is 6. The van der Waals surface area contributed by atoms with Crippen molar-refractivity contribution >= 4 is 17.8 Å². The second kappa shape index (κ2) is 6.39. The zero-order valence-corrected chi connectivity index (χ0v) is 11.8.